The highest BCUT2D eigenvalue weighted by atomic mass is 16.6. The molecule has 0 saturated heterocycles. The third-order valence-electron chi connectivity index (χ3n) is 11.9. The van der Waals surface area contributed by atoms with Gasteiger partial charge in [-0.1, -0.05) is 258 Å². The Morgan fingerprint density at radius 2 is 0.466 bits per heavy atom. The van der Waals surface area contributed by atoms with Crippen LogP contribution in [0.2, 0.25) is 0 Å². The van der Waals surface area contributed by atoms with Crippen molar-refractivity contribution in [3.63, 3.8) is 0 Å². The Kier molecular flexibility index (Phi) is 46.8. The van der Waals surface area contributed by atoms with Gasteiger partial charge in [0.05, 0.1) is 0 Å². The third-order valence-corrected chi connectivity index (χ3v) is 11.9. The zero-order valence-corrected chi connectivity index (χ0v) is 39.3. The number of esters is 3. The Hall–Kier alpha value is -1.59. The number of hydrogen-bond donors (Lipinski definition) is 0. The predicted octanol–water partition coefficient (Wildman–Crippen LogP) is 16.8. The van der Waals surface area contributed by atoms with Crippen LogP contribution in [0.3, 0.4) is 0 Å². The molecule has 0 fully saturated rings. The van der Waals surface area contributed by atoms with E-state index < -0.39 is 6.10 Å². The van der Waals surface area contributed by atoms with Crippen molar-refractivity contribution in [3.05, 3.63) is 0 Å². The molecule has 0 aromatic carbocycles. The average Bonchev–Trinajstić information content (AvgIpc) is 3.22. The van der Waals surface area contributed by atoms with Crippen LogP contribution in [0.1, 0.15) is 297 Å². The quantitative estimate of drug-likeness (QED) is 0.0346. The highest BCUT2D eigenvalue weighted by Crippen LogP contribution is 2.17. The molecule has 0 aromatic rings. The number of unbranched alkanes of at least 4 members (excludes halogenated alkanes) is 37. The SMILES string of the molecule is CCCCCCCCCCCCCCCCCCCC(=O)OC[C@H](COC(=O)CCCCCCCCC)OC(=O)CCCCCCCCCCCCCCCCCC. The molecule has 58 heavy (non-hydrogen) atoms. The lowest BCUT2D eigenvalue weighted by Crippen LogP contribution is -2.30. The summed E-state index contributed by atoms with van der Waals surface area (Å²) in [5, 5.41) is 0. The van der Waals surface area contributed by atoms with E-state index in [-0.39, 0.29) is 31.1 Å². The summed E-state index contributed by atoms with van der Waals surface area (Å²) in [4.78, 5) is 37.8. The van der Waals surface area contributed by atoms with Gasteiger partial charge in [0.25, 0.3) is 0 Å². The van der Waals surface area contributed by atoms with Crippen LogP contribution in [0.25, 0.3) is 0 Å². The zero-order chi connectivity index (χ0) is 42.3. The Balaban J connectivity index is 4.18. The van der Waals surface area contributed by atoms with Gasteiger partial charge in [0.2, 0.25) is 0 Å². The first-order chi connectivity index (χ1) is 28.5. The molecule has 0 amide bonds. The number of hydrogen-bond acceptors (Lipinski definition) is 6. The van der Waals surface area contributed by atoms with Gasteiger partial charge in [-0.25, -0.2) is 0 Å². The summed E-state index contributed by atoms with van der Waals surface area (Å²) in [6.07, 6.45) is 51.0. The minimum absolute atomic E-state index is 0.0623. The normalized spacial score (nSPS) is 11.8. The van der Waals surface area contributed by atoms with Crippen LogP contribution in [0.15, 0.2) is 0 Å². The number of carbonyl (C=O) groups is 3. The smallest absolute Gasteiger partial charge is 0.306 e. The van der Waals surface area contributed by atoms with Gasteiger partial charge < -0.3 is 14.2 Å². The topological polar surface area (TPSA) is 78.9 Å². The van der Waals surface area contributed by atoms with Crippen LogP contribution < -0.4 is 0 Å². The lowest BCUT2D eigenvalue weighted by atomic mass is 10.0. The van der Waals surface area contributed by atoms with E-state index in [9.17, 15) is 14.4 Å². The summed E-state index contributed by atoms with van der Waals surface area (Å²) in [6, 6.07) is 0. The minimum Gasteiger partial charge on any atom is -0.462 e. The first-order valence-electron chi connectivity index (χ1n) is 26.0. The second-order valence-electron chi connectivity index (χ2n) is 17.8. The Morgan fingerprint density at radius 1 is 0.276 bits per heavy atom. The maximum absolute atomic E-state index is 12.8. The van der Waals surface area contributed by atoms with E-state index in [2.05, 4.69) is 20.8 Å². The standard InChI is InChI=1S/C52H100O6/c1-4-7-10-13-16-18-20-22-24-26-28-29-31-33-36-39-42-45-51(54)57-48-49(47-56-50(53)44-41-38-35-15-12-9-6-3)58-52(55)46-43-40-37-34-32-30-27-25-23-21-19-17-14-11-8-5-2/h49H,4-48H2,1-3H3/t49-/m0/s1. The molecule has 0 radical (unpaired) electrons. The molecule has 6 heteroatoms. The molecule has 0 saturated carbocycles. The van der Waals surface area contributed by atoms with Gasteiger partial charge in [0.15, 0.2) is 6.10 Å². The molecule has 0 bridgehead atoms. The molecule has 0 aliphatic rings. The van der Waals surface area contributed by atoms with Gasteiger partial charge >= 0.3 is 17.9 Å². The summed E-state index contributed by atoms with van der Waals surface area (Å²) in [6.45, 7) is 6.65. The van der Waals surface area contributed by atoms with Crippen molar-refractivity contribution >= 4 is 17.9 Å². The highest BCUT2D eigenvalue weighted by Gasteiger charge is 2.19. The van der Waals surface area contributed by atoms with Gasteiger partial charge in [-0.2, -0.15) is 0 Å². The highest BCUT2D eigenvalue weighted by molar-refractivity contribution is 5.71. The Labute approximate surface area is 361 Å². The predicted molar refractivity (Wildman–Crippen MR) is 247 cm³/mol. The van der Waals surface area contributed by atoms with Crippen LogP contribution in [0.4, 0.5) is 0 Å². The van der Waals surface area contributed by atoms with Crippen LogP contribution >= 0.6 is 0 Å². The monoisotopic (exact) mass is 821 g/mol. The summed E-state index contributed by atoms with van der Waals surface area (Å²) in [5.74, 6) is -0.848. The molecule has 0 rings (SSSR count). The molecule has 344 valence electrons. The van der Waals surface area contributed by atoms with Crippen LogP contribution in [0, 0.1) is 0 Å². The lowest BCUT2D eigenvalue weighted by Gasteiger charge is -2.18. The lowest BCUT2D eigenvalue weighted by molar-refractivity contribution is -0.167. The maximum Gasteiger partial charge on any atom is 0.306 e. The van der Waals surface area contributed by atoms with Crippen LogP contribution in [-0.4, -0.2) is 37.2 Å². The average molecular weight is 821 g/mol. The Bertz CT molecular complexity index is 859. The van der Waals surface area contributed by atoms with E-state index in [4.69, 9.17) is 14.2 Å². The molecule has 1 atom stereocenters. The van der Waals surface area contributed by atoms with Gasteiger partial charge in [-0.3, -0.25) is 14.4 Å². The molecule has 0 aliphatic heterocycles. The fourth-order valence-electron chi connectivity index (χ4n) is 7.92. The van der Waals surface area contributed by atoms with Crippen LogP contribution in [-0.2, 0) is 28.6 Å². The van der Waals surface area contributed by atoms with E-state index >= 15 is 0 Å². The molecule has 0 aliphatic carbocycles. The van der Waals surface area contributed by atoms with Crippen LogP contribution in [0.5, 0.6) is 0 Å². The molecular formula is C52H100O6. The first kappa shape index (κ1) is 56.4. The van der Waals surface area contributed by atoms with Gasteiger partial charge in [-0.15, -0.1) is 0 Å². The van der Waals surface area contributed by atoms with Crippen molar-refractivity contribution in [1.82, 2.24) is 0 Å². The van der Waals surface area contributed by atoms with E-state index in [0.717, 1.165) is 57.8 Å². The van der Waals surface area contributed by atoms with Crippen molar-refractivity contribution < 1.29 is 28.6 Å². The molecule has 0 unspecified atom stereocenters. The maximum atomic E-state index is 12.8. The van der Waals surface area contributed by atoms with Crippen molar-refractivity contribution in [2.75, 3.05) is 13.2 Å². The largest absolute Gasteiger partial charge is 0.462 e. The zero-order valence-electron chi connectivity index (χ0n) is 39.3. The Morgan fingerprint density at radius 3 is 0.690 bits per heavy atom. The fourth-order valence-corrected chi connectivity index (χ4v) is 7.92. The van der Waals surface area contributed by atoms with Gasteiger partial charge in [-0.05, 0) is 19.3 Å². The summed E-state index contributed by atoms with van der Waals surface area (Å²) in [5.41, 5.74) is 0. The van der Waals surface area contributed by atoms with E-state index in [1.54, 1.807) is 0 Å². The third kappa shape index (κ3) is 45.5. The second kappa shape index (κ2) is 48.1. The van der Waals surface area contributed by atoms with E-state index in [0.29, 0.717) is 19.3 Å². The van der Waals surface area contributed by atoms with Crippen molar-refractivity contribution in [2.45, 2.75) is 303 Å². The fraction of sp³-hybridized carbons (Fsp3) is 0.942. The van der Waals surface area contributed by atoms with Gasteiger partial charge in [0.1, 0.15) is 13.2 Å². The number of rotatable bonds is 48. The molecule has 0 spiro atoms. The van der Waals surface area contributed by atoms with Crippen molar-refractivity contribution in [2.24, 2.45) is 0 Å². The molecular weight excluding hydrogens is 721 g/mol. The molecule has 6 nitrogen and oxygen atoms in total. The van der Waals surface area contributed by atoms with E-state index in [1.807, 2.05) is 0 Å². The van der Waals surface area contributed by atoms with Crippen molar-refractivity contribution in [1.29, 1.82) is 0 Å². The molecule has 0 heterocycles. The molecule has 0 aromatic heterocycles. The number of ether oxygens (including phenoxy) is 3. The first-order valence-corrected chi connectivity index (χ1v) is 26.0. The summed E-state index contributed by atoms with van der Waals surface area (Å²) < 4.78 is 16.7. The van der Waals surface area contributed by atoms with Gasteiger partial charge in [0, 0.05) is 19.3 Å². The van der Waals surface area contributed by atoms with Crippen molar-refractivity contribution in [3.8, 4) is 0 Å². The number of carbonyl (C=O) groups excluding carboxylic acids is 3. The summed E-state index contributed by atoms with van der Waals surface area (Å²) >= 11 is 0. The van der Waals surface area contributed by atoms with E-state index in [1.165, 1.54) is 199 Å². The minimum atomic E-state index is -0.758. The second-order valence-corrected chi connectivity index (χ2v) is 17.8. The summed E-state index contributed by atoms with van der Waals surface area (Å²) in [7, 11) is 0. The molecule has 0 N–H and O–H groups in total.